The second-order valence-electron chi connectivity index (χ2n) is 17.3. The molecule has 9 aromatic rings. The zero-order valence-corrected chi connectivity index (χ0v) is 48.5. The van der Waals surface area contributed by atoms with Gasteiger partial charge in [0, 0.05) is 28.4 Å². The molecule has 0 unspecified atom stereocenters. The topological polar surface area (TPSA) is 521 Å². The van der Waals surface area contributed by atoms with Gasteiger partial charge in [-0.25, -0.2) is 8.42 Å². The first-order valence-electron chi connectivity index (χ1n) is 22.8. The number of aromatic hydroxyl groups is 2. The van der Waals surface area contributed by atoms with E-state index in [4.69, 9.17) is 23.2 Å². The molecule has 0 atom stereocenters. The van der Waals surface area contributed by atoms with Gasteiger partial charge >= 0.3 is 0 Å². The summed E-state index contributed by atoms with van der Waals surface area (Å²) in [4.78, 5) is 19.3. The van der Waals surface area contributed by atoms with E-state index >= 15 is 0 Å². The van der Waals surface area contributed by atoms with Crippen LogP contribution in [0, 0.1) is 0 Å². The first-order valence-corrected chi connectivity index (χ1v) is 32.6. The van der Waals surface area contributed by atoms with E-state index in [-0.39, 0.29) is 34.0 Å². The van der Waals surface area contributed by atoms with Crippen LogP contribution in [-0.4, -0.2) is 120 Å². The molecular formula is C45H32Cl2N14O19S6. The van der Waals surface area contributed by atoms with Crippen molar-refractivity contribution in [3.05, 3.63) is 120 Å². The summed E-state index contributed by atoms with van der Waals surface area (Å²) in [6.07, 6.45) is 0.712. The van der Waals surface area contributed by atoms with Crippen molar-refractivity contribution in [2.45, 2.75) is 29.4 Å². The molecule has 0 radical (unpaired) electrons. The number of anilines is 8. The first-order chi connectivity index (χ1) is 40.0. The second-order valence-corrected chi connectivity index (χ2v) is 27.0. The molecule has 0 bridgehead atoms. The number of halogens is 2. The maximum atomic E-state index is 13.1. The second kappa shape index (κ2) is 22.9. The highest BCUT2D eigenvalue weighted by Gasteiger charge is 2.29. The molecule has 0 saturated carbocycles. The molecule has 0 amide bonds. The summed E-state index contributed by atoms with van der Waals surface area (Å²) in [5, 5.41) is 46.5. The van der Waals surface area contributed by atoms with Gasteiger partial charge in [0.15, 0.2) is 21.3 Å². The molecular weight excluding hydrogens is 1300 g/mol. The van der Waals surface area contributed by atoms with Crippen molar-refractivity contribution in [2.75, 3.05) is 27.5 Å². The molecule has 0 spiro atoms. The van der Waals surface area contributed by atoms with Crippen molar-refractivity contribution in [2.24, 2.45) is 20.5 Å². The van der Waals surface area contributed by atoms with E-state index in [0.717, 1.165) is 54.6 Å². The minimum atomic E-state index is -5.37. The molecule has 0 aliphatic heterocycles. The van der Waals surface area contributed by atoms with Crippen molar-refractivity contribution in [3.8, 4) is 11.5 Å². The monoisotopic (exact) mass is 1330 g/mol. The van der Waals surface area contributed by atoms with E-state index in [1.165, 1.54) is 48.5 Å². The Morgan fingerprint density at radius 2 is 0.733 bits per heavy atom. The predicted molar refractivity (Wildman–Crippen MR) is 304 cm³/mol. The van der Waals surface area contributed by atoms with Crippen LogP contribution in [0.5, 0.6) is 11.5 Å². The van der Waals surface area contributed by atoms with Gasteiger partial charge in [0.05, 0.1) is 26.1 Å². The van der Waals surface area contributed by atoms with Crippen molar-refractivity contribution >= 4 is 174 Å². The van der Waals surface area contributed by atoms with Crippen LogP contribution in [0.2, 0.25) is 10.6 Å². The van der Waals surface area contributed by atoms with E-state index in [1.54, 1.807) is 0 Å². The van der Waals surface area contributed by atoms with E-state index in [9.17, 15) is 83.5 Å². The van der Waals surface area contributed by atoms with E-state index < -0.39 is 169 Å². The van der Waals surface area contributed by atoms with Gasteiger partial charge in [-0.05, 0) is 119 Å². The number of fused-ring (bicyclic) bond motifs is 2. The fourth-order valence-corrected chi connectivity index (χ4v) is 12.0. The third-order valence-electron chi connectivity index (χ3n) is 11.4. The van der Waals surface area contributed by atoms with Gasteiger partial charge < -0.3 is 31.5 Å². The molecule has 7 aromatic carbocycles. The highest BCUT2D eigenvalue weighted by molar-refractivity contribution is 7.91. The lowest BCUT2D eigenvalue weighted by atomic mass is 10.1. The predicted octanol–water partition coefficient (Wildman–Crippen LogP) is 8.52. The summed E-state index contributed by atoms with van der Waals surface area (Å²) in [6.45, 7) is 0. The molecule has 446 valence electrons. The Bertz CT molecular complexity index is 4820. The maximum absolute atomic E-state index is 13.1. The third kappa shape index (κ3) is 13.8. The minimum absolute atomic E-state index is 0.241. The van der Waals surface area contributed by atoms with E-state index in [0.29, 0.717) is 12.3 Å². The summed E-state index contributed by atoms with van der Waals surface area (Å²) < 4.78 is 199. The van der Waals surface area contributed by atoms with Crippen LogP contribution in [0.1, 0.15) is 0 Å². The van der Waals surface area contributed by atoms with Gasteiger partial charge in [0.2, 0.25) is 34.4 Å². The number of benzene rings is 7. The molecule has 2 aromatic heterocycles. The normalized spacial score (nSPS) is 12.7. The van der Waals surface area contributed by atoms with Crippen LogP contribution in [0.25, 0.3) is 21.5 Å². The van der Waals surface area contributed by atoms with Crippen LogP contribution >= 0.6 is 23.2 Å². The number of nitrogens with one attached hydrogen (secondary N) is 4. The Morgan fingerprint density at radius 1 is 0.395 bits per heavy atom. The molecule has 0 aliphatic rings. The van der Waals surface area contributed by atoms with E-state index in [1.807, 2.05) is 0 Å². The largest absolute Gasteiger partial charge is 0.505 e. The Kier molecular flexibility index (Phi) is 16.4. The fraction of sp³-hybridized carbons (Fsp3) is 0.0222. The molecule has 9 rings (SSSR count). The molecule has 11 N–H and O–H groups in total. The number of nitrogens with zero attached hydrogens (tertiary/aromatic N) is 10. The fourth-order valence-electron chi connectivity index (χ4n) is 7.87. The third-order valence-corrected chi connectivity index (χ3v) is 17.2. The molecule has 41 heteroatoms. The summed E-state index contributed by atoms with van der Waals surface area (Å²) in [5.74, 6) is -3.61. The number of phenols is 2. The standard InChI is InChI=1S/C45H32Cl2N14O19S6/c1-81(64,65)32-16-20-14-24(82(66,67)68)18-28(34(20)38(62)36(32)60-58-26-6-2-4-8-30(26)84(72,73)74)50-44-54-40(46)52-42(56-44)48-22-10-12-23(13-11-22)49-43-53-41(47)55-45(57-43)51-29-19-25(83(69,70)71)15-21-17-33(86(78,79)80)37(39(63)35(21)29)61-59-27-7-3-5-9-31(27)85(75,76)77/h2-19,62-63H,1H3,(H,66,67,68)(H,69,70,71)(H,72,73,74)(H,75,76,77)(H,78,79,80)(H2,48,50,52,54,56)(H2,49,51,53,55,57)/b60-58+,61-59+. The quantitative estimate of drug-likeness (QED) is 0.0283. The zero-order chi connectivity index (χ0) is 62.6. The van der Waals surface area contributed by atoms with Gasteiger partial charge in [-0.2, -0.15) is 72.0 Å². The van der Waals surface area contributed by atoms with Crippen molar-refractivity contribution in [3.63, 3.8) is 0 Å². The van der Waals surface area contributed by atoms with Crippen molar-refractivity contribution in [1.82, 2.24) is 29.9 Å². The number of phenolic OH excluding ortho intramolecular Hbond substituents is 2. The lowest BCUT2D eigenvalue weighted by molar-refractivity contribution is 0.472. The summed E-state index contributed by atoms with van der Waals surface area (Å²) in [7, 11) is -29.8. The molecule has 0 aliphatic carbocycles. The average molecular weight is 1340 g/mol. The van der Waals surface area contributed by atoms with Gasteiger partial charge in [0.1, 0.15) is 37.4 Å². The minimum Gasteiger partial charge on any atom is -0.505 e. The molecule has 2 heterocycles. The summed E-state index contributed by atoms with van der Waals surface area (Å²) >= 11 is 12.5. The smallest absolute Gasteiger partial charge is 0.296 e. The number of aromatic nitrogens is 6. The van der Waals surface area contributed by atoms with Crippen LogP contribution in [0.4, 0.5) is 69.3 Å². The molecule has 33 nitrogen and oxygen atoms in total. The van der Waals surface area contributed by atoms with Crippen molar-refractivity contribution in [1.29, 1.82) is 0 Å². The number of azo groups is 2. The first kappa shape index (κ1) is 61.7. The van der Waals surface area contributed by atoms with Crippen LogP contribution in [-0.2, 0) is 60.4 Å². The van der Waals surface area contributed by atoms with Gasteiger partial charge in [-0.3, -0.25) is 22.8 Å². The Labute approximate surface area is 493 Å². The van der Waals surface area contributed by atoms with Crippen LogP contribution < -0.4 is 21.3 Å². The maximum Gasteiger partial charge on any atom is 0.296 e. The lowest BCUT2D eigenvalue weighted by Gasteiger charge is -2.16. The van der Waals surface area contributed by atoms with Crippen LogP contribution in [0.15, 0.2) is 159 Å². The number of hydrogen-bond donors (Lipinski definition) is 11. The van der Waals surface area contributed by atoms with Gasteiger partial charge in [-0.1, -0.05) is 24.3 Å². The number of sulfone groups is 1. The molecule has 0 fully saturated rings. The van der Waals surface area contributed by atoms with E-state index in [2.05, 4.69) is 71.6 Å². The average Bonchev–Trinajstić information content (AvgIpc) is 0.783. The number of rotatable bonds is 18. The van der Waals surface area contributed by atoms with Crippen molar-refractivity contribution < 1.29 is 83.5 Å². The summed E-state index contributed by atoms with van der Waals surface area (Å²) in [6, 6.07) is 19.6. The van der Waals surface area contributed by atoms with Gasteiger partial charge in [-0.15, -0.1) is 20.5 Å². The Balaban J connectivity index is 1.01. The van der Waals surface area contributed by atoms with Crippen LogP contribution in [0.3, 0.4) is 0 Å². The van der Waals surface area contributed by atoms with Gasteiger partial charge in [0.25, 0.3) is 50.6 Å². The zero-order valence-electron chi connectivity index (χ0n) is 42.1. The highest BCUT2D eigenvalue weighted by Crippen LogP contribution is 2.48. The highest BCUT2D eigenvalue weighted by atomic mass is 35.5. The lowest BCUT2D eigenvalue weighted by Crippen LogP contribution is -2.07. The number of hydrogen-bond acceptors (Lipinski definition) is 28. The summed E-state index contributed by atoms with van der Waals surface area (Å²) in [5.41, 5.74) is -3.22. The molecule has 0 saturated heterocycles. The molecule has 86 heavy (non-hydrogen) atoms. The Hall–Kier alpha value is -8.84. The SMILES string of the molecule is CS(=O)(=O)c1cc2cc(S(=O)(=O)O)cc(Nc3nc(Cl)nc(Nc4ccc(Nc5nc(Cl)nc(Nc6cc(S(=O)(=O)O)cc7cc(S(=O)(=O)O)c(/N=N/c8ccccc8S(=O)(=O)O)c(O)c67)n5)cc4)n3)c2c(O)c1/N=N/c1ccccc1S(=O)(=O)O. The Morgan fingerprint density at radius 3 is 1.08 bits per heavy atom.